The average molecular weight is 404 g/mol. The lowest BCUT2D eigenvalue weighted by Gasteiger charge is -2.13. The fraction of sp³-hybridized carbons (Fsp3) is 0.167. The molecule has 0 atom stereocenters. The second kappa shape index (κ2) is 10.1. The van der Waals surface area contributed by atoms with Crippen LogP contribution in [0.3, 0.4) is 0 Å². The van der Waals surface area contributed by atoms with Gasteiger partial charge < -0.3 is 9.47 Å². The molecular weight excluding hydrogens is 380 g/mol. The molecule has 154 valence electrons. The third-order valence-electron chi connectivity index (χ3n) is 4.11. The molecule has 0 bridgehead atoms. The Bertz CT molecular complexity index is 1000. The highest BCUT2D eigenvalue weighted by Gasteiger charge is 2.11. The van der Waals surface area contributed by atoms with Crippen molar-refractivity contribution < 1.29 is 19.1 Å². The Morgan fingerprint density at radius 2 is 1.60 bits per heavy atom. The number of rotatable bonds is 7. The van der Waals surface area contributed by atoms with Crippen molar-refractivity contribution in [3.05, 3.63) is 84.4 Å². The maximum atomic E-state index is 12.3. The van der Waals surface area contributed by atoms with Gasteiger partial charge in [0.1, 0.15) is 11.5 Å². The van der Waals surface area contributed by atoms with Crippen molar-refractivity contribution in [1.29, 1.82) is 0 Å². The van der Waals surface area contributed by atoms with Crippen LogP contribution in [-0.4, -0.2) is 24.5 Å². The van der Waals surface area contributed by atoms with Crippen molar-refractivity contribution in [2.75, 3.05) is 6.61 Å². The van der Waals surface area contributed by atoms with Crippen LogP contribution in [0.25, 0.3) is 11.1 Å². The first kappa shape index (κ1) is 20.9. The van der Waals surface area contributed by atoms with Gasteiger partial charge in [-0.15, -0.1) is 0 Å². The number of ether oxygens (including phenoxy) is 2. The molecule has 6 heteroatoms. The highest BCUT2D eigenvalue weighted by atomic mass is 16.5. The van der Waals surface area contributed by atoms with E-state index in [4.69, 9.17) is 9.47 Å². The van der Waals surface area contributed by atoms with Gasteiger partial charge in [0, 0.05) is 11.1 Å². The van der Waals surface area contributed by atoms with E-state index in [-0.39, 0.29) is 12.7 Å². The summed E-state index contributed by atoms with van der Waals surface area (Å²) in [5.74, 6) is 0.261. The number of para-hydroxylation sites is 1. The minimum absolute atomic E-state index is 0.000994. The summed E-state index contributed by atoms with van der Waals surface area (Å²) >= 11 is 0. The number of hydrogen-bond donors (Lipinski definition) is 2. The fourth-order valence-corrected chi connectivity index (χ4v) is 2.81. The minimum Gasteiger partial charge on any atom is -0.491 e. The molecule has 3 rings (SSSR count). The third kappa shape index (κ3) is 5.85. The Labute approximate surface area is 175 Å². The summed E-state index contributed by atoms with van der Waals surface area (Å²) in [7, 11) is 0. The van der Waals surface area contributed by atoms with Crippen molar-refractivity contribution >= 4 is 11.8 Å². The first-order valence-corrected chi connectivity index (χ1v) is 9.66. The highest BCUT2D eigenvalue weighted by Crippen LogP contribution is 2.29. The molecule has 0 aliphatic heterocycles. The van der Waals surface area contributed by atoms with E-state index in [0.717, 1.165) is 11.1 Å². The SMILES string of the molecule is CC(C)Oc1cccc(C(=O)NNC(=O)COc2ccccc2-c2ccccc2)c1. The number of benzene rings is 3. The van der Waals surface area contributed by atoms with Gasteiger partial charge in [-0.05, 0) is 43.7 Å². The topological polar surface area (TPSA) is 76.7 Å². The van der Waals surface area contributed by atoms with Crippen LogP contribution in [0.5, 0.6) is 11.5 Å². The van der Waals surface area contributed by atoms with Gasteiger partial charge in [0.05, 0.1) is 6.10 Å². The summed E-state index contributed by atoms with van der Waals surface area (Å²) in [5.41, 5.74) is 7.01. The van der Waals surface area contributed by atoms with E-state index in [0.29, 0.717) is 17.1 Å². The summed E-state index contributed by atoms with van der Waals surface area (Å²) in [6.07, 6.45) is -0.000994. The van der Waals surface area contributed by atoms with Gasteiger partial charge >= 0.3 is 0 Å². The van der Waals surface area contributed by atoms with Gasteiger partial charge in [0.2, 0.25) is 0 Å². The Morgan fingerprint density at radius 1 is 0.867 bits per heavy atom. The van der Waals surface area contributed by atoms with Crippen LogP contribution in [0.4, 0.5) is 0 Å². The molecule has 0 saturated carbocycles. The normalized spacial score (nSPS) is 10.4. The molecule has 0 saturated heterocycles. The van der Waals surface area contributed by atoms with Gasteiger partial charge in [-0.2, -0.15) is 0 Å². The summed E-state index contributed by atoms with van der Waals surface area (Å²) < 4.78 is 11.2. The van der Waals surface area contributed by atoms with Crippen molar-refractivity contribution in [3.8, 4) is 22.6 Å². The number of nitrogens with one attached hydrogen (secondary N) is 2. The molecule has 0 fully saturated rings. The molecule has 0 aliphatic carbocycles. The molecule has 0 aromatic heterocycles. The molecule has 3 aromatic carbocycles. The van der Waals surface area contributed by atoms with Crippen molar-refractivity contribution in [1.82, 2.24) is 10.9 Å². The monoisotopic (exact) mass is 404 g/mol. The third-order valence-corrected chi connectivity index (χ3v) is 4.11. The van der Waals surface area contributed by atoms with Crippen LogP contribution >= 0.6 is 0 Å². The highest BCUT2D eigenvalue weighted by molar-refractivity contribution is 5.95. The number of hydrazine groups is 1. The zero-order valence-corrected chi connectivity index (χ0v) is 16.9. The van der Waals surface area contributed by atoms with Gasteiger partial charge in [-0.1, -0.05) is 54.6 Å². The van der Waals surface area contributed by atoms with E-state index in [1.165, 1.54) is 0 Å². The van der Waals surface area contributed by atoms with E-state index in [9.17, 15) is 9.59 Å². The molecule has 6 nitrogen and oxygen atoms in total. The van der Waals surface area contributed by atoms with Gasteiger partial charge in [0.15, 0.2) is 6.61 Å². The van der Waals surface area contributed by atoms with E-state index in [2.05, 4.69) is 10.9 Å². The second-order valence-corrected chi connectivity index (χ2v) is 6.85. The lowest BCUT2D eigenvalue weighted by molar-refractivity contribution is -0.123. The van der Waals surface area contributed by atoms with Gasteiger partial charge in [-0.25, -0.2) is 0 Å². The Hall–Kier alpha value is -3.80. The van der Waals surface area contributed by atoms with Crippen molar-refractivity contribution in [2.45, 2.75) is 20.0 Å². The van der Waals surface area contributed by atoms with Crippen molar-refractivity contribution in [3.63, 3.8) is 0 Å². The van der Waals surface area contributed by atoms with E-state index < -0.39 is 11.8 Å². The molecule has 30 heavy (non-hydrogen) atoms. The first-order chi connectivity index (χ1) is 14.5. The largest absolute Gasteiger partial charge is 0.491 e. The average Bonchev–Trinajstić information content (AvgIpc) is 2.76. The number of carbonyl (C=O) groups excluding carboxylic acids is 2. The predicted molar refractivity (Wildman–Crippen MR) is 115 cm³/mol. The summed E-state index contributed by atoms with van der Waals surface area (Å²) in [6.45, 7) is 3.58. The van der Waals surface area contributed by atoms with Gasteiger partial charge in [-0.3, -0.25) is 20.4 Å². The molecule has 0 aliphatic rings. The molecule has 2 N–H and O–H groups in total. The lowest BCUT2D eigenvalue weighted by atomic mass is 10.1. The van der Waals surface area contributed by atoms with E-state index in [1.807, 2.05) is 62.4 Å². The Morgan fingerprint density at radius 3 is 2.37 bits per heavy atom. The molecular formula is C24H24N2O4. The summed E-state index contributed by atoms with van der Waals surface area (Å²) in [6, 6.07) is 24.0. The van der Waals surface area contributed by atoms with E-state index >= 15 is 0 Å². The molecule has 0 spiro atoms. The first-order valence-electron chi connectivity index (χ1n) is 9.66. The van der Waals surface area contributed by atoms with E-state index in [1.54, 1.807) is 30.3 Å². The van der Waals surface area contributed by atoms with Crippen LogP contribution in [-0.2, 0) is 4.79 Å². The zero-order chi connectivity index (χ0) is 21.3. The van der Waals surface area contributed by atoms with Crippen molar-refractivity contribution in [2.24, 2.45) is 0 Å². The van der Waals surface area contributed by atoms with Crippen LogP contribution in [0, 0.1) is 0 Å². The van der Waals surface area contributed by atoms with Gasteiger partial charge in [0.25, 0.3) is 11.8 Å². The molecule has 3 aromatic rings. The number of amides is 2. The van der Waals surface area contributed by atoms with Crippen LogP contribution < -0.4 is 20.3 Å². The molecule has 0 radical (unpaired) electrons. The quantitative estimate of drug-likeness (QED) is 0.584. The minimum atomic E-state index is -0.471. The maximum absolute atomic E-state index is 12.3. The molecule has 2 amide bonds. The zero-order valence-electron chi connectivity index (χ0n) is 16.9. The Balaban J connectivity index is 1.54. The Kier molecular flexibility index (Phi) is 7.05. The molecule has 0 heterocycles. The standard InChI is InChI=1S/C24H24N2O4/c1-17(2)30-20-12-8-11-19(15-20)24(28)26-25-23(27)16-29-22-14-7-6-13-21(22)18-9-4-3-5-10-18/h3-15,17H,16H2,1-2H3,(H,25,27)(H,26,28). The summed E-state index contributed by atoms with van der Waals surface area (Å²) in [5, 5.41) is 0. The second-order valence-electron chi connectivity index (χ2n) is 6.85. The summed E-state index contributed by atoms with van der Waals surface area (Å²) in [4.78, 5) is 24.4. The number of hydrogen-bond acceptors (Lipinski definition) is 4. The number of carbonyl (C=O) groups is 2. The van der Waals surface area contributed by atoms with Crippen LogP contribution in [0.15, 0.2) is 78.9 Å². The van der Waals surface area contributed by atoms with Crippen LogP contribution in [0.2, 0.25) is 0 Å². The lowest BCUT2D eigenvalue weighted by Crippen LogP contribution is -2.43. The predicted octanol–water partition coefficient (Wildman–Crippen LogP) is 3.98. The smallest absolute Gasteiger partial charge is 0.276 e. The maximum Gasteiger partial charge on any atom is 0.276 e. The fourth-order valence-electron chi connectivity index (χ4n) is 2.81. The molecule has 0 unspecified atom stereocenters. The van der Waals surface area contributed by atoms with Crippen LogP contribution in [0.1, 0.15) is 24.2 Å².